The predicted octanol–water partition coefficient (Wildman–Crippen LogP) is -0.574. The predicted molar refractivity (Wildman–Crippen MR) is 59.5 cm³/mol. The lowest BCUT2D eigenvalue weighted by molar-refractivity contribution is -0.144. The minimum atomic E-state index is -0.983. The Hall–Kier alpha value is -1.21. The van der Waals surface area contributed by atoms with Crippen molar-refractivity contribution in [1.82, 2.24) is 10.6 Å². The molecule has 1 amide bonds. The molecule has 0 saturated carbocycles. The third kappa shape index (κ3) is 2.67. The average molecular weight is 246 g/mol. The number of carbonyl (C=O) groups is 2. The average Bonchev–Trinajstić information content (AvgIpc) is 2.71. The van der Waals surface area contributed by atoms with E-state index in [0.717, 1.165) is 4.91 Å². The van der Waals surface area contributed by atoms with Crippen LogP contribution in [0.15, 0.2) is 11.1 Å². The molecule has 6 nitrogen and oxygen atoms in total. The number of hydrogen-bond acceptors (Lipinski definition) is 6. The summed E-state index contributed by atoms with van der Waals surface area (Å²) in [4.78, 5) is 21.8. The molecule has 0 aromatic carbocycles. The number of esters is 1. The number of nitrogens with one attached hydrogen (secondary N) is 2. The Morgan fingerprint density at radius 2 is 2.44 bits per heavy atom. The van der Waals surface area contributed by atoms with Crippen molar-refractivity contribution in [3.05, 3.63) is 11.1 Å². The summed E-state index contributed by atoms with van der Waals surface area (Å²) >= 11 is 1.28. The quantitative estimate of drug-likeness (QED) is 0.482. The minimum Gasteiger partial charge on any atom is -0.467 e. The van der Waals surface area contributed by atoms with Crippen molar-refractivity contribution >= 4 is 24.1 Å². The molecule has 0 bridgehead atoms. The van der Waals surface area contributed by atoms with Crippen molar-refractivity contribution < 1.29 is 19.1 Å². The zero-order valence-electron chi connectivity index (χ0n) is 9.11. The van der Waals surface area contributed by atoms with E-state index in [1.165, 1.54) is 18.9 Å². The van der Waals surface area contributed by atoms with Gasteiger partial charge in [-0.25, -0.2) is 4.79 Å². The van der Waals surface area contributed by atoms with Crippen LogP contribution >= 0.6 is 11.8 Å². The van der Waals surface area contributed by atoms with Crippen LogP contribution in [-0.2, 0) is 19.1 Å². The molecular weight excluding hydrogens is 232 g/mol. The number of methoxy groups -OCH3 is 2. The first-order valence-electron chi connectivity index (χ1n) is 4.58. The second-order valence-electron chi connectivity index (χ2n) is 3.11. The standard InChI is InChI=1S/C9H14N2O4S/c1-14-4-7-3-11-9(16-7,5-10-6-12)8(13)15-2/h3,6,11H,4-5H2,1-2H3,(H,10,12). The largest absolute Gasteiger partial charge is 0.467 e. The Morgan fingerprint density at radius 1 is 1.69 bits per heavy atom. The molecule has 2 N–H and O–H groups in total. The van der Waals surface area contributed by atoms with E-state index in [0.29, 0.717) is 13.0 Å². The Bertz CT molecular complexity index is 308. The summed E-state index contributed by atoms with van der Waals surface area (Å²) in [6, 6.07) is 0. The summed E-state index contributed by atoms with van der Waals surface area (Å²) in [5.74, 6) is -0.436. The first-order chi connectivity index (χ1) is 7.68. The topological polar surface area (TPSA) is 76.7 Å². The zero-order valence-corrected chi connectivity index (χ0v) is 9.93. The van der Waals surface area contributed by atoms with Gasteiger partial charge in [-0.05, 0) is 0 Å². The molecule has 1 aliphatic rings. The lowest BCUT2D eigenvalue weighted by Gasteiger charge is -2.25. The van der Waals surface area contributed by atoms with E-state index in [4.69, 9.17) is 9.47 Å². The molecule has 90 valence electrons. The highest BCUT2D eigenvalue weighted by molar-refractivity contribution is 8.05. The number of rotatable bonds is 6. The highest BCUT2D eigenvalue weighted by Gasteiger charge is 2.43. The lowest BCUT2D eigenvalue weighted by atomic mass is 10.3. The monoisotopic (exact) mass is 246 g/mol. The third-order valence-electron chi connectivity index (χ3n) is 2.01. The van der Waals surface area contributed by atoms with Crippen LogP contribution in [0, 0.1) is 0 Å². The summed E-state index contributed by atoms with van der Waals surface area (Å²) in [6.45, 7) is 0.565. The Balaban J connectivity index is 2.69. The molecular formula is C9H14N2O4S. The van der Waals surface area contributed by atoms with Gasteiger partial charge in [0.25, 0.3) is 0 Å². The molecule has 0 saturated heterocycles. The Morgan fingerprint density at radius 3 is 3.00 bits per heavy atom. The number of carbonyl (C=O) groups excluding carboxylic acids is 2. The van der Waals surface area contributed by atoms with Crippen LogP contribution in [0.2, 0.25) is 0 Å². The Kier molecular flexibility index (Phi) is 4.63. The van der Waals surface area contributed by atoms with Crippen molar-refractivity contribution in [2.75, 3.05) is 27.4 Å². The fraction of sp³-hybridized carbons (Fsp3) is 0.556. The normalized spacial score (nSPS) is 23.2. The van der Waals surface area contributed by atoms with Gasteiger partial charge in [0.2, 0.25) is 11.3 Å². The highest BCUT2D eigenvalue weighted by Crippen LogP contribution is 2.35. The van der Waals surface area contributed by atoms with E-state index >= 15 is 0 Å². The minimum absolute atomic E-state index is 0.150. The van der Waals surface area contributed by atoms with Crippen molar-refractivity contribution in [2.24, 2.45) is 0 Å². The molecule has 1 rings (SSSR count). The van der Waals surface area contributed by atoms with Gasteiger partial charge < -0.3 is 20.1 Å². The second kappa shape index (κ2) is 5.76. The second-order valence-corrected chi connectivity index (χ2v) is 4.53. The number of thioether (sulfide) groups is 1. The van der Waals surface area contributed by atoms with Crippen LogP contribution in [0.3, 0.4) is 0 Å². The smallest absolute Gasteiger partial charge is 0.344 e. The third-order valence-corrected chi connectivity index (χ3v) is 3.28. The summed E-state index contributed by atoms with van der Waals surface area (Å²) in [7, 11) is 2.88. The van der Waals surface area contributed by atoms with Gasteiger partial charge in [-0.1, -0.05) is 11.8 Å². The van der Waals surface area contributed by atoms with Crippen molar-refractivity contribution in [1.29, 1.82) is 0 Å². The molecule has 1 aliphatic heterocycles. The summed E-state index contributed by atoms with van der Waals surface area (Å²) in [5.41, 5.74) is 0. The molecule has 0 spiro atoms. The first-order valence-corrected chi connectivity index (χ1v) is 5.40. The summed E-state index contributed by atoms with van der Waals surface area (Å²) in [6.07, 6.45) is 2.23. The van der Waals surface area contributed by atoms with Crippen LogP contribution in [0.5, 0.6) is 0 Å². The van der Waals surface area contributed by atoms with Gasteiger partial charge in [-0.15, -0.1) is 0 Å². The number of amides is 1. The molecule has 1 unspecified atom stereocenters. The van der Waals surface area contributed by atoms with Crippen LogP contribution in [0.4, 0.5) is 0 Å². The van der Waals surface area contributed by atoms with E-state index in [1.807, 2.05) is 0 Å². The van der Waals surface area contributed by atoms with Crippen LogP contribution in [-0.4, -0.2) is 44.6 Å². The van der Waals surface area contributed by atoms with Gasteiger partial charge in [-0.2, -0.15) is 0 Å². The SMILES string of the molecule is COCC1=CNC(CNC=O)(C(=O)OC)S1. The van der Waals surface area contributed by atoms with Crippen LogP contribution in [0.1, 0.15) is 0 Å². The van der Waals surface area contributed by atoms with Gasteiger partial charge in [0.15, 0.2) is 0 Å². The van der Waals surface area contributed by atoms with Gasteiger partial charge in [-0.3, -0.25) is 4.79 Å². The molecule has 0 radical (unpaired) electrons. The number of ether oxygens (including phenoxy) is 2. The molecule has 0 aromatic rings. The van der Waals surface area contributed by atoms with Gasteiger partial charge in [0.1, 0.15) is 0 Å². The van der Waals surface area contributed by atoms with E-state index in [9.17, 15) is 9.59 Å². The van der Waals surface area contributed by atoms with Crippen molar-refractivity contribution in [3.63, 3.8) is 0 Å². The maximum atomic E-state index is 11.7. The highest BCUT2D eigenvalue weighted by atomic mass is 32.2. The maximum absolute atomic E-state index is 11.7. The molecule has 7 heteroatoms. The maximum Gasteiger partial charge on any atom is 0.344 e. The number of hydrogen-bond donors (Lipinski definition) is 2. The summed E-state index contributed by atoms with van der Waals surface area (Å²) < 4.78 is 9.67. The summed E-state index contributed by atoms with van der Waals surface area (Å²) in [5, 5.41) is 5.39. The van der Waals surface area contributed by atoms with Gasteiger partial charge in [0.05, 0.1) is 20.3 Å². The molecule has 1 heterocycles. The van der Waals surface area contributed by atoms with Crippen LogP contribution in [0.25, 0.3) is 0 Å². The molecule has 0 aromatic heterocycles. The lowest BCUT2D eigenvalue weighted by Crippen LogP contribution is -2.52. The fourth-order valence-corrected chi connectivity index (χ4v) is 2.49. The molecule has 16 heavy (non-hydrogen) atoms. The van der Waals surface area contributed by atoms with E-state index in [1.54, 1.807) is 13.3 Å². The Labute approximate surface area is 97.7 Å². The molecule has 1 atom stereocenters. The van der Waals surface area contributed by atoms with Crippen molar-refractivity contribution in [3.8, 4) is 0 Å². The zero-order chi connectivity index (χ0) is 12.0. The van der Waals surface area contributed by atoms with Gasteiger partial charge >= 0.3 is 5.97 Å². The van der Waals surface area contributed by atoms with E-state index < -0.39 is 10.8 Å². The first kappa shape index (κ1) is 12.9. The van der Waals surface area contributed by atoms with Crippen LogP contribution < -0.4 is 10.6 Å². The fourth-order valence-electron chi connectivity index (χ4n) is 1.30. The van der Waals surface area contributed by atoms with Gasteiger partial charge in [0, 0.05) is 18.2 Å². The molecule has 0 aliphatic carbocycles. The van der Waals surface area contributed by atoms with E-state index in [-0.39, 0.29) is 6.54 Å². The van der Waals surface area contributed by atoms with E-state index in [2.05, 4.69) is 10.6 Å². The molecule has 0 fully saturated rings. The van der Waals surface area contributed by atoms with Crippen molar-refractivity contribution in [2.45, 2.75) is 4.87 Å².